The fourth-order valence-electron chi connectivity index (χ4n) is 2.80. The molecule has 0 atom stereocenters. The second-order valence-electron chi connectivity index (χ2n) is 6.00. The largest absolute Gasteiger partial charge is 0.482 e. The first-order valence-corrected chi connectivity index (χ1v) is 8.42. The first-order chi connectivity index (χ1) is 12.5. The molecule has 1 heterocycles. The van der Waals surface area contributed by atoms with Crippen molar-refractivity contribution in [2.24, 2.45) is 0 Å². The number of esters is 1. The molecule has 0 amide bonds. The molecule has 0 saturated heterocycles. The number of Topliss-reactive ketones (excluding diaryl/α,β-unsaturated/α-hetero) is 1. The summed E-state index contributed by atoms with van der Waals surface area (Å²) in [6.45, 7) is 5.64. The molecule has 0 aromatic heterocycles. The van der Waals surface area contributed by atoms with E-state index in [0.29, 0.717) is 23.7 Å². The van der Waals surface area contributed by atoms with E-state index in [1.54, 1.807) is 25.1 Å². The molecule has 0 fully saturated rings. The van der Waals surface area contributed by atoms with Gasteiger partial charge in [-0.1, -0.05) is 24.3 Å². The van der Waals surface area contributed by atoms with Crippen molar-refractivity contribution >= 4 is 17.8 Å². The van der Waals surface area contributed by atoms with E-state index in [4.69, 9.17) is 14.2 Å². The number of ketones is 1. The zero-order chi connectivity index (χ0) is 18.7. The summed E-state index contributed by atoms with van der Waals surface area (Å²) in [5.41, 5.74) is 3.25. The lowest BCUT2D eigenvalue weighted by Gasteiger charge is -2.08. The summed E-state index contributed by atoms with van der Waals surface area (Å²) in [4.78, 5) is 24.1. The first-order valence-electron chi connectivity index (χ1n) is 8.42. The molecule has 134 valence electrons. The summed E-state index contributed by atoms with van der Waals surface area (Å²) in [6.07, 6.45) is 1.75. The van der Waals surface area contributed by atoms with Crippen LogP contribution in [-0.2, 0) is 9.53 Å². The van der Waals surface area contributed by atoms with Crippen LogP contribution >= 0.6 is 0 Å². The molecule has 0 unspecified atom stereocenters. The topological polar surface area (TPSA) is 61.8 Å². The molecule has 1 aliphatic rings. The Labute approximate surface area is 152 Å². The average Bonchev–Trinajstić information content (AvgIpc) is 2.91. The highest BCUT2D eigenvalue weighted by atomic mass is 16.6. The van der Waals surface area contributed by atoms with Crippen LogP contribution in [0.1, 0.15) is 34.0 Å². The predicted molar refractivity (Wildman–Crippen MR) is 97.4 cm³/mol. The van der Waals surface area contributed by atoms with Crippen molar-refractivity contribution in [3.8, 4) is 11.5 Å². The Kier molecular flexibility index (Phi) is 5.07. The molecule has 0 saturated carbocycles. The molecule has 1 aliphatic heterocycles. The predicted octanol–water partition coefficient (Wildman–Crippen LogP) is 3.86. The van der Waals surface area contributed by atoms with Crippen LogP contribution in [0.15, 0.2) is 42.2 Å². The summed E-state index contributed by atoms with van der Waals surface area (Å²) < 4.78 is 16.1. The summed E-state index contributed by atoms with van der Waals surface area (Å²) in [7, 11) is 0. The highest BCUT2D eigenvalue weighted by Crippen LogP contribution is 2.37. The molecule has 0 radical (unpaired) electrons. The van der Waals surface area contributed by atoms with Gasteiger partial charge in [-0.15, -0.1) is 0 Å². The normalized spacial score (nSPS) is 14.1. The van der Waals surface area contributed by atoms with Crippen LogP contribution in [0.25, 0.3) is 6.08 Å². The summed E-state index contributed by atoms with van der Waals surface area (Å²) in [5, 5.41) is 0. The van der Waals surface area contributed by atoms with Crippen molar-refractivity contribution in [2.45, 2.75) is 20.8 Å². The standard InChI is InChI=1S/C21H20O5/c1-4-24-19(22)12-25-16-9-14(3)20-17(11-16)26-18(21(20)23)10-15-8-6-5-7-13(15)2/h5-11H,4,12H2,1-3H3/b18-10-. The van der Waals surface area contributed by atoms with Crippen molar-refractivity contribution in [2.75, 3.05) is 13.2 Å². The minimum Gasteiger partial charge on any atom is -0.482 e. The minimum atomic E-state index is -0.442. The van der Waals surface area contributed by atoms with Crippen LogP contribution in [0.2, 0.25) is 0 Å². The number of fused-ring (bicyclic) bond motifs is 1. The molecular formula is C21H20O5. The molecule has 2 aromatic carbocycles. The Morgan fingerprint density at radius 2 is 1.92 bits per heavy atom. The van der Waals surface area contributed by atoms with Gasteiger partial charge in [-0.05, 0) is 49.6 Å². The fraction of sp³-hybridized carbons (Fsp3) is 0.238. The van der Waals surface area contributed by atoms with Gasteiger partial charge in [0.1, 0.15) is 11.5 Å². The number of allylic oxidation sites excluding steroid dienone is 1. The second-order valence-corrected chi connectivity index (χ2v) is 6.00. The van der Waals surface area contributed by atoms with Crippen LogP contribution in [0.5, 0.6) is 11.5 Å². The summed E-state index contributed by atoms with van der Waals surface area (Å²) in [5.74, 6) is 0.577. The Balaban J connectivity index is 1.84. The average molecular weight is 352 g/mol. The third-order valence-corrected chi connectivity index (χ3v) is 4.08. The molecule has 0 N–H and O–H groups in total. The number of carbonyl (C=O) groups excluding carboxylic acids is 2. The van der Waals surface area contributed by atoms with Gasteiger partial charge in [-0.25, -0.2) is 4.79 Å². The van der Waals surface area contributed by atoms with E-state index in [-0.39, 0.29) is 18.1 Å². The smallest absolute Gasteiger partial charge is 0.344 e. The number of hydrogen-bond donors (Lipinski definition) is 0. The van der Waals surface area contributed by atoms with Gasteiger partial charge in [0.2, 0.25) is 5.78 Å². The number of hydrogen-bond acceptors (Lipinski definition) is 5. The van der Waals surface area contributed by atoms with Gasteiger partial charge in [-0.3, -0.25) is 4.79 Å². The van der Waals surface area contributed by atoms with Gasteiger partial charge in [0.15, 0.2) is 12.4 Å². The molecule has 0 aliphatic carbocycles. The zero-order valence-electron chi connectivity index (χ0n) is 15.0. The van der Waals surface area contributed by atoms with E-state index < -0.39 is 5.97 Å². The Morgan fingerprint density at radius 3 is 2.65 bits per heavy atom. The Morgan fingerprint density at radius 1 is 1.15 bits per heavy atom. The highest BCUT2D eigenvalue weighted by Gasteiger charge is 2.30. The van der Waals surface area contributed by atoms with Gasteiger partial charge in [0, 0.05) is 6.07 Å². The third-order valence-electron chi connectivity index (χ3n) is 4.08. The van der Waals surface area contributed by atoms with Gasteiger partial charge in [0.25, 0.3) is 0 Å². The van der Waals surface area contributed by atoms with Crippen LogP contribution in [0.4, 0.5) is 0 Å². The van der Waals surface area contributed by atoms with E-state index in [1.165, 1.54) is 0 Å². The molecule has 0 spiro atoms. The highest BCUT2D eigenvalue weighted by molar-refractivity contribution is 6.15. The molecule has 3 rings (SSSR count). The van der Waals surface area contributed by atoms with Crippen molar-refractivity contribution in [1.82, 2.24) is 0 Å². The maximum Gasteiger partial charge on any atom is 0.344 e. The van der Waals surface area contributed by atoms with Crippen LogP contribution in [0, 0.1) is 13.8 Å². The Bertz CT molecular complexity index is 895. The maximum absolute atomic E-state index is 12.7. The SMILES string of the molecule is CCOC(=O)COc1cc(C)c2c(c1)O/C(=C\c1ccccc1C)C2=O. The van der Waals surface area contributed by atoms with Crippen molar-refractivity contribution < 1.29 is 23.8 Å². The Hall–Kier alpha value is -3.08. The van der Waals surface area contributed by atoms with Gasteiger partial charge >= 0.3 is 5.97 Å². The van der Waals surface area contributed by atoms with Crippen molar-refractivity contribution in [3.63, 3.8) is 0 Å². The number of benzene rings is 2. The number of aryl methyl sites for hydroxylation is 2. The minimum absolute atomic E-state index is 0.155. The van der Waals surface area contributed by atoms with Crippen LogP contribution in [-0.4, -0.2) is 25.0 Å². The summed E-state index contributed by atoms with van der Waals surface area (Å²) in [6, 6.07) is 11.1. The first kappa shape index (κ1) is 17.7. The quantitative estimate of drug-likeness (QED) is 0.604. The van der Waals surface area contributed by atoms with E-state index in [2.05, 4.69) is 0 Å². The number of rotatable bonds is 5. The number of ether oxygens (including phenoxy) is 3. The van der Waals surface area contributed by atoms with E-state index in [9.17, 15) is 9.59 Å². The van der Waals surface area contributed by atoms with E-state index in [0.717, 1.165) is 16.7 Å². The van der Waals surface area contributed by atoms with Crippen molar-refractivity contribution in [3.05, 3.63) is 64.4 Å². The van der Waals surface area contributed by atoms with Crippen LogP contribution < -0.4 is 9.47 Å². The third kappa shape index (κ3) is 3.61. The van der Waals surface area contributed by atoms with Crippen molar-refractivity contribution in [1.29, 1.82) is 0 Å². The molecule has 0 bridgehead atoms. The van der Waals surface area contributed by atoms with E-state index in [1.807, 2.05) is 38.1 Å². The zero-order valence-corrected chi connectivity index (χ0v) is 15.0. The van der Waals surface area contributed by atoms with E-state index >= 15 is 0 Å². The lowest BCUT2D eigenvalue weighted by molar-refractivity contribution is -0.145. The summed E-state index contributed by atoms with van der Waals surface area (Å²) >= 11 is 0. The monoisotopic (exact) mass is 352 g/mol. The number of carbonyl (C=O) groups is 2. The van der Waals surface area contributed by atoms with Gasteiger partial charge in [0.05, 0.1) is 12.2 Å². The molecular weight excluding hydrogens is 332 g/mol. The lowest BCUT2D eigenvalue weighted by Crippen LogP contribution is -2.14. The van der Waals surface area contributed by atoms with Gasteiger partial charge < -0.3 is 14.2 Å². The fourth-order valence-corrected chi connectivity index (χ4v) is 2.80. The molecule has 5 heteroatoms. The molecule has 5 nitrogen and oxygen atoms in total. The maximum atomic E-state index is 12.7. The second kappa shape index (κ2) is 7.44. The molecule has 2 aromatic rings. The van der Waals surface area contributed by atoms with Gasteiger partial charge in [-0.2, -0.15) is 0 Å². The van der Waals surface area contributed by atoms with Crippen LogP contribution in [0.3, 0.4) is 0 Å². The lowest BCUT2D eigenvalue weighted by atomic mass is 10.0. The molecule has 26 heavy (non-hydrogen) atoms.